The van der Waals surface area contributed by atoms with E-state index < -0.39 is 17.7 Å². The van der Waals surface area contributed by atoms with Crippen LogP contribution in [0, 0.1) is 17.8 Å². The molecule has 5 rings (SSSR count). The molecule has 0 aromatic carbocycles. The normalized spacial score (nSPS) is 32.4. The van der Waals surface area contributed by atoms with Crippen LogP contribution in [0.1, 0.15) is 84.0 Å². The van der Waals surface area contributed by atoms with Crippen LogP contribution in [-0.2, 0) is 28.5 Å². The molecule has 0 aromatic rings. The first-order valence-electron chi connectivity index (χ1n) is 12.3. The lowest BCUT2D eigenvalue weighted by Gasteiger charge is -2.62. The predicted octanol–water partition coefficient (Wildman–Crippen LogP) is 4.78. The summed E-state index contributed by atoms with van der Waals surface area (Å²) in [5, 5.41) is 0. The summed E-state index contributed by atoms with van der Waals surface area (Å²) < 4.78 is 48.2. The van der Waals surface area contributed by atoms with E-state index in [4.69, 9.17) is 14.2 Å². The Morgan fingerprint density at radius 3 is 2.16 bits per heavy atom. The van der Waals surface area contributed by atoms with Gasteiger partial charge in [-0.1, -0.05) is 25.7 Å². The number of hydrogen-bond donors (Lipinski definition) is 0. The molecule has 0 N–H and O–H groups in total. The van der Waals surface area contributed by atoms with Gasteiger partial charge in [0.1, 0.15) is 5.60 Å². The predicted molar refractivity (Wildman–Crippen MR) is 111 cm³/mol. The van der Waals surface area contributed by atoms with Crippen LogP contribution in [0.5, 0.6) is 0 Å². The maximum Gasteiger partial charge on any atom is 0.376 e. The molecular weight excluding hydrogens is 422 g/mol. The Morgan fingerprint density at radius 1 is 0.938 bits per heavy atom. The summed E-state index contributed by atoms with van der Waals surface area (Å²) in [5.74, 6) is -4.11. The van der Waals surface area contributed by atoms with Gasteiger partial charge in [0.15, 0.2) is 5.79 Å². The Kier molecular flexibility index (Phi) is 7.11. The van der Waals surface area contributed by atoms with E-state index in [1.54, 1.807) is 0 Å². The van der Waals surface area contributed by atoms with Gasteiger partial charge in [-0.25, -0.2) is 4.79 Å². The van der Waals surface area contributed by atoms with Crippen molar-refractivity contribution < 1.29 is 37.3 Å². The molecule has 6 nitrogen and oxygen atoms in total. The van der Waals surface area contributed by atoms with Crippen LogP contribution < -0.4 is 0 Å². The topological polar surface area (TPSA) is 71.1 Å². The molecule has 4 bridgehead atoms. The molecule has 5 fully saturated rings. The Morgan fingerprint density at radius 2 is 1.53 bits per heavy atom. The number of halogens is 2. The van der Waals surface area contributed by atoms with Gasteiger partial charge in [-0.05, 0) is 50.9 Å². The summed E-state index contributed by atoms with van der Waals surface area (Å²) in [6.45, 7) is 1.91. The highest BCUT2D eigenvalue weighted by atomic mass is 19.3. The number of unbranched alkanes of at least 4 members (excludes halogenated alkanes) is 5. The van der Waals surface area contributed by atoms with Crippen molar-refractivity contribution in [2.45, 2.75) is 101 Å². The van der Waals surface area contributed by atoms with E-state index in [1.807, 2.05) is 0 Å². The van der Waals surface area contributed by atoms with Crippen molar-refractivity contribution in [3.63, 3.8) is 0 Å². The zero-order valence-corrected chi connectivity index (χ0v) is 19.0. The minimum absolute atomic E-state index is 0.0248. The van der Waals surface area contributed by atoms with Crippen molar-refractivity contribution >= 4 is 11.9 Å². The molecular formula is C24H36F2O6. The fourth-order valence-corrected chi connectivity index (χ4v) is 6.56. The fourth-order valence-electron chi connectivity index (χ4n) is 6.56. The summed E-state index contributed by atoms with van der Waals surface area (Å²) >= 11 is 0. The molecule has 1 saturated heterocycles. The fraction of sp³-hybridized carbons (Fsp3) is 0.917. The van der Waals surface area contributed by atoms with E-state index in [1.165, 1.54) is 0 Å². The number of esters is 2. The molecule has 1 spiro atoms. The molecule has 0 amide bonds. The largest absolute Gasteiger partial charge is 0.461 e. The van der Waals surface area contributed by atoms with Crippen LogP contribution in [0.4, 0.5) is 8.78 Å². The van der Waals surface area contributed by atoms with Gasteiger partial charge in [-0.2, -0.15) is 8.78 Å². The lowest BCUT2D eigenvalue weighted by Crippen LogP contribution is -2.65. The molecule has 4 saturated carbocycles. The van der Waals surface area contributed by atoms with Crippen LogP contribution >= 0.6 is 0 Å². The zero-order valence-electron chi connectivity index (χ0n) is 19.0. The highest BCUT2D eigenvalue weighted by Gasteiger charge is 2.66. The third-order valence-electron chi connectivity index (χ3n) is 7.71. The third kappa shape index (κ3) is 5.11. The molecule has 2 atom stereocenters. The Hall–Kier alpha value is -1.28. The second kappa shape index (κ2) is 9.53. The molecule has 5 aliphatic rings. The highest BCUT2D eigenvalue weighted by Crippen LogP contribution is 2.63. The number of rotatable bonds is 11. The van der Waals surface area contributed by atoms with Crippen LogP contribution in [0.15, 0.2) is 0 Å². The summed E-state index contributed by atoms with van der Waals surface area (Å²) in [5.41, 5.74) is -0.319. The quantitative estimate of drug-likeness (QED) is 0.328. The number of ether oxygens (including phenoxy) is 4. The minimum Gasteiger partial charge on any atom is -0.461 e. The van der Waals surface area contributed by atoms with E-state index in [0.717, 1.165) is 64.2 Å². The van der Waals surface area contributed by atoms with Crippen molar-refractivity contribution in [1.29, 1.82) is 0 Å². The summed E-state index contributed by atoms with van der Waals surface area (Å²) in [6.07, 6.45) is 10.4. The van der Waals surface area contributed by atoms with Crippen molar-refractivity contribution in [3.05, 3.63) is 0 Å². The molecule has 0 aromatic heterocycles. The van der Waals surface area contributed by atoms with E-state index in [0.29, 0.717) is 50.7 Å². The average molecular weight is 459 g/mol. The third-order valence-corrected chi connectivity index (χ3v) is 7.71. The zero-order chi connectivity index (χ0) is 22.8. The van der Waals surface area contributed by atoms with Gasteiger partial charge in [0, 0.05) is 25.2 Å². The first-order valence-corrected chi connectivity index (χ1v) is 12.3. The molecule has 32 heavy (non-hydrogen) atoms. The first-order chi connectivity index (χ1) is 15.2. The highest BCUT2D eigenvalue weighted by molar-refractivity contribution is 5.76. The van der Waals surface area contributed by atoms with Crippen LogP contribution in [0.2, 0.25) is 0 Å². The van der Waals surface area contributed by atoms with Gasteiger partial charge in [-0.3, -0.25) is 4.79 Å². The summed E-state index contributed by atoms with van der Waals surface area (Å²) in [4.78, 5) is 23.5. The van der Waals surface area contributed by atoms with Gasteiger partial charge >= 0.3 is 17.9 Å². The van der Waals surface area contributed by atoms with Crippen LogP contribution in [0.3, 0.4) is 0 Å². The van der Waals surface area contributed by atoms with Gasteiger partial charge < -0.3 is 18.9 Å². The van der Waals surface area contributed by atoms with Crippen LogP contribution in [0.25, 0.3) is 0 Å². The lowest BCUT2D eigenvalue weighted by atomic mass is 9.51. The maximum absolute atomic E-state index is 12.7. The first kappa shape index (κ1) is 23.9. The Bertz CT molecular complexity index is 666. The maximum atomic E-state index is 12.7. The number of carbonyl (C=O) groups is 2. The minimum atomic E-state index is -3.43. The van der Waals surface area contributed by atoms with Crippen molar-refractivity contribution in [2.24, 2.45) is 17.8 Å². The SMILES string of the molecule is CC(F)(F)C(=O)OCCCCCCCCC(=O)OC12CC3CC(C1)C1(OCCO1)C(C3)C2. The molecule has 1 heterocycles. The second-order valence-corrected chi connectivity index (χ2v) is 10.3. The van der Waals surface area contributed by atoms with E-state index in [-0.39, 0.29) is 18.2 Å². The molecule has 2 unspecified atom stereocenters. The Labute approximate surface area is 188 Å². The summed E-state index contributed by atoms with van der Waals surface area (Å²) in [7, 11) is 0. The van der Waals surface area contributed by atoms with Crippen molar-refractivity contribution in [2.75, 3.05) is 19.8 Å². The van der Waals surface area contributed by atoms with Crippen LogP contribution in [-0.4, -0.2) is 49.1 Å². The molecule has 0 radical (unpaired) electrons. The van der Waals surface area contributed by atoms with Crippen molar-refractivity contribution in [1.82, 2.24) is 0 Å². The standard InChI is InChI=1S/C24H36F2O6/c1-22(25,26)21(28)29-9-7-5-3-2-4-6-8-20(27)32-23-14-17-12-18(15-23)24(19(13-17)16-23)30-10-11-31-24/h17-19H,2-16H2,1H3. The van der Waals surface area contributed by atoms with Crippen molar-refractivity contribution in [3.8, 4) is 0 Å². The Balaban J connectivity index is 1.09. The van der Waals surface area contributed by atoms with Gasteiger partial charge in [0.25, 0.3) is 0 Å². The van der Waals surface area contributed by atoms with E-state index >= 15 is 0 Å². The summed E-state index contributed by atoms with van der Waals surface area (Å²) in [6, 6.07) is 0. The number of carbonyl (C=O) groups excluding carboxylic acids is 2. The van der Waals surface area contributed by atoms with E-state index in [2.05, 4.69) is 4.74 Å². The molecule has 8 heteroatoms. The molecule has 4 aliphatic carbocycles. The second-order valence-electron chi connectivity index (χ2n) is 10.3. The number of alkyl halides is 2. The monoisotopic (exact) mass is 458 g/mol. The smallest absolute Gasteiger partial charge is 0.376 e. The number of hydrogen-bond acceptors (Lipinski definition) is 6. The molecule has 182 valence electrons. The van der Waals surface area contributed by atoms with Gasteiger partial charge in [-0.15, -0.1) is 0 Å². The van der Waals surface area contributed by atoms with E-state index in [9.17, 15) is 18.4 Å². The van der Waals surface area contributed by atoms with Gasteiger partial charge in [0.05, 0.1) is 19.8 Å². The average Bonchev–Trinajstić information content (AvgIpc) is 3.20. The van der Waals surface area contributed by atoms with Gasteiger partial charge in [0.2, 0.25) is 0 Å². The lowest BCUT2D eigenvalue weighted by molar-refractivity contribution is -0.314. The molecule has 1 aliphatic heterocycles.